The summed E-state index contributed by atoms with van der Waals surface area (Å²) in [5.74, 6) is -1.41. The molecule has 0 aliphatic carbocycles. The van der Waals surface area contributed by atoms with Crippen LogP contribution < -0.4 is 9.64 Å². The van der Waals surface area contributed by atoms with Gasteiger partial charge in [-0.2, -0.15) is 0 Å². The average molecular weight is 552 g/mol. The van der Waals surface area contributed by atoms with Gasteiger partial charge in [0.25, 0.3) is 0 Å². The van der Waals surface area contributed by atoms with Gasteiger partial charge in [-0.05, 0) is 57.4 Å². The number of aliphatic hydroxyl groups is 1. The lowest BCUT2D eigenvalue weighted by atomic mass is 9.77. The predicted octanol–water partition coefficient (Wildman–Crippen LogP) is 2.93. The molecule has 9 heteroatoms. The van der Waals surface area contributed by atoms with Crippen LogP contribution in [0.4, 0.5) is 5.69 Å². The molecular formula is C31H41N3O6. The Morgan fingerprint density at radius 2 is 1.82 bits per heavy atom. The van der Waals surface area contributed by atoms with Crippen molar-refractivity contribution in [2.75, 3.05) is 37.7 Å². The zero-order chi connectivity index (χ0) is 28.4. The van der Waals surface area contributed by atoms with Gasteiger partial charge in [0.15, 0.2) is 0 Å². The standard InChI is InChI=1S/C31H41N3O6/c1-4-10-21(3)32-19-9-16-31-26(29(37)34(17-6-7-20-35)27(31)30(32)38)25-24(40-31)11-8-18-33(28(25)36)22-12-14-23(15-13-22)39-5-2/h8-9,11-16,21,24-27,35H,4-7,10,17-20H2,1-3H3/t21?,24-,25+,26-,27?,31-/m0/s1. The normalized spacial score (nSPS) is 30.2. The van der Waals surface area contributed by atoms with Crippen LogP contribution in [0.15, 0.2) is 48.6 Å². The van der Waals surface area contributed by atoms with Crippen molar-refractivity contribution in [2.24, 2.45) is 11.8 Å². The molecule has 4 aliphatic rings. The van der Waals surface area contributed by atoms with Crippen LogP contribution in [0.2, 0.25) is 0 Å². The Morgan fingerprint density at radius 3 is 2.52 bits per heavy atom. The summed E-state index contributed by atoms with van der Waals surface area (Å²) in [5.41, 5.74) is -0.515. The number of anilines is 1. The van der Waals surface area contributed by atoms with E-state index in [2.05, 4.69) is 6.92 Å². The lowest BCUT2D eigenvalue weighted by Gasteiger charge is -2.37. The first-order valence-electron chi connectivity index (χ1n) is 14.7. The third-order valence-electron chi connectivity index (χ3n) is 8.69. The van der Waals surface area contributed by atoms with Crippen molar-refractivity contribution in [3.8, 4) is 5.75 Å². The summed E-state index contributed by atoms with van der Waals surface area (Å²) in [4.78, 5) is 47.9. The highest BCUT2D eigenvalue weighted by Crippen LogP contribution is 2.53. The van der Waals surface area contributed by atoms with Crippen molar-refractivity contribution in [3.63, 3.8) is 0 Å². The average Bonchev–Trinajstić information content (AvgIpc) is 3.24. The van der Waals surface area contributed by atoms with Gasteiger partial charge in [-0.25, -0.2) is 0 Å². The van der Waals surface area contributed by atoms with E-state index in [-0.39, 0.29) is 30.4 Å². The highest BCUT2D eigenvalue weighted by molar-refractivity contribution is 6.03. The first kappa shape index (κ1) is 28.4. The minimum atomic E-state index is -1.23. The lowest BCUT2D eigenvalue weighted by molar-refractivity contribution is -0.148. The zero-order valence-electron chi connectivity index (χ0n) is 23.7. The maximum atomic E-state index is 14.2. The van der Waals surface area contributed by atoms with Crippen LogP contribution in [0.1, 0.15) is 46.5 Å². The molecule has 1 aromatic rings. The van der Waals surface area contributed by atoms with E-state index in [9.17, 15) is 19.5 Å². The summed E-state index contributed by atoms with van der Waals surface area (Å²) >= 11 is 0. The van der Waals surface area contributed by atoms with Crippen molar-refractivity contribution in [3.05, 3.63) is 48.6 Å². The number of hydrogen-bond acceptors (Lipinski definition) is 6. The van der Waals surface area contributed by atoms with Gasteiger partial charge < -0.3 is 29.3 Å². The summed E-state index contributed by atoms with van der Waals surface area (Å²) in [7, 11) is 0. The third kappa shape index (κ3) is 4.73. The Labute approximate surface area is 236 Å². The van der Waals surface area contributed by atoms with E-state index in [0.717, 1.165) is 18.6 Å². The molecule has 9 nitrogen and oxygen atoms in total. The van der Waals surface area contributed by atoms with E-state index in [4.69, 9.17) is 9.47 Å². The van der Waals surface area contributed by atoms with Gasteiger partial charge in [-0.3, -0.25) is 14.4 Å². The maximum Gasteiger partial charge on any atom is 0.249 e. The highest BCUT2D eigenvalue weighted by atomic mass is 16.5. The quantitative estimate of drug-likeness (QED) is 0.355. The predicted molar refractivity (Wildman–Crippen MR) is 151 cm³/mol. The van der Waals surface area contributed by atoms with E-state index >= 15 is 0 Å². The fourth-order valence-corrected chi connectivity index (χ4v) is 6.88. The molecule has 0 radical (unpaired) electrons. The molecule has 0 bridgehead atoms. The minimum absolute atomic E-state index is 0.00861. The number of amides is 3. The number of ether oxygens (including phenoxy) is 2. The molecule has 216 valence electrons. The number of fused-ring (bicyclic) bond motifs is 2. The van der Waals surface area contributed by atoms with E-state index in [0.29, 0.717) is 44.8 Å². The molecule has 40 heavy (non-hydrogen) atoms. The fraction of sp³-hybridized carbons (Fsp3) is 0.581. The van der Waals surface area contributed by atoms with Gasteiger partial charge in [0, 0.05) is 38.0 Å². The van der Waals surface area contributed by atoms with Crippen LogP contribution in [0.5, 0.6) is 5.75 Å². The van der Waals surface area contributed by atoms with Gasteiger partial charge in [-0.1, -0.05) is 37.6 Å². The van der Waals surface area contributed by atoms with Gasteiger partial charge in [0.1, 0.15) is 17.4 Å². The van der Waals surface area contributed by atoms with E-state index in [1.54, 1.807) is 9.80 Å². The van der Waals surface area contributed by atoms with Crippen LogP contribution >= 0.6 is 0 Å². The van der Waals surface area contributed by atoms with Crippen molar-refractivity contribution >= 4 is 23.4 Å². The molecule has 0 aromatic heterocycles. The summed E-state index contributed by atoms with van der Waals surface area (Å²) in [6.45, 7) is 7.73. The van der Waals surface area contributed by atoms with Crippen LogP contribution in [0.25, 0.3) is 0 Å². The molecule has 4 aliphatic heterocycles. The summed E-state index contributed by atoms with van der Waals surface area (Å²) in [5, 5.41) is 9.39. The number of rotatable bonds is 10. The Balaban J connectivity index is 1.52. The lowest BCUT2D eigenvalue weighted by Crippen LogP contribution is -2.56. The smallest absolute Gasteiger partial charge is 0.249 e. The first-order valence-corrected chi connectivity index (χ1v) is 14.7. The molecule has 5 rings (SSSR count). The van der Waals surface area contributed by atoms with Crippen LogP contribution in [0, 0.1) is 11.8 Å². The SMILES string of the molecule is CCCC(C)N1CC=C[C@]23O[C@H]4C=CCN(c5ccc(OCC)cc5)C(=O)[C@H]4[C@H]2C(=O)N(CCCCO)C3C1=O. The minimum Gasteiger partial charge on any atom is -0.494 e. The molecule has 6 atom stereocenters. The second kappa shape index (κ2) is 11.7. The molecule has 4 heterocycles. The number of aliphatic hydroxyl groups excluding tert-OH is 1. The summed E-state index contributed by atoms with van der Waals surface area (Å²) in [6.07, 6.45) is 9.87. The summed E-state index contributed by atoms with van der Waals surface area (Å²) < 4.78 is 12.3. The Hall–Kier alpha value is -3.17. The van der Waals surface area contributed by atoms with Gasteiger partial charge in [0.2, 0.25) is 17.7 Å². The number of unbranched alkanes of at least 4 members (excludes halogenated alkanes) is 1. The molecule has 1 spiro atoms. The number of nitrogens with zero attached hydrogens (tertiary/aromatic N) is 3. The zero-order valence-corrected chi connectivity index (χ0v) is 23.7. The van der Waals surface area contributed by atoms with Crippen molar-refractivity contribution in [1.29, 1.82) is 0 Å². The first-order chi connectivity index (χ1) is 19.4. The molecule has 2 unspecified atom stereocenters. The number of likely N-dealkylation sites (tertiary alicyclic amines) is 1. The number of carbonyl (C=O) groups is 3. The number of carbonyl (C=O) groups excluding carboxylic acids is 3. The monoisotopic (exact) mass is 551 g/mol. The number of hydrogen-bond donors (Lipinski definition) is 1. The van der Waals surface area contributed by atoms with Crippen LogP contribution in [-0.4, -0.2) is 89.3 Å². The summed E-state index contributed by atoms with van der Waals surface area (Å²) in [6, 6.07) is 6.53. The molecule has 2 saturated heterocycles. The number of benzene rings is 1. The van der Waals surface area contributed by atoms with E-state index in [1.807, 2.05) is 67.3 Å². The van der Waals surface area contributed by atoms with Crippen molar-refractivity contribution in [2.45, 2.75) is 70.2 Å². The maximum absolute atomic E-state index is 14.2. The second-order valence-corrected chi connectivity index (χ2v) is 11.1. The Kier molecular flexibility index (Phi) is 8.33. The third-order valence-corrected chi connectivity index (χ3v) is 8.69. The van der Waals surface area contributed by atoms with Gasteiger partial charge in [-0.15, -0.1) is 0 Å². The van der Waals surface area contributed by atoms with Crippen LogP contribution in [0.3, 0.4) is 0 Å². The molecule has 1 aromatic carbocycles. The van der Waals surface area contributed by atoms with E-state index < -0.39 is 29.6 Å². The largest absolute Gasteiger partial charge is 0.494 e. The Bertz CT molecular complexity index is 1170. The molecule has 2 fully saturated rings. The highest BCUT2D eigenvalue weighted by Gasteiger charge is 2.71. The molecule has 0 saturated carbocycles. The Morgan fingerprint density at radius 1 is 1.05 bits per heavy atom. The van der Waals surface area contributed by atoms with Crippen LogP contribution in [-0.2, 0) is 19.1 Å². The van der Waals surface area contributed by atoms with Gasteiger partial charge in [0.05, 0.1) is 24.5 Å². The second-order valence-electron chi connectivity index (χ2n) is 11.1. The molecular weight excluding hydrogens is 510 g/mol. The molecule has 1 N–H and O–H groups in total. The van der Waals surface area contributed by atoms with Crippen molar-refractivity contribution in [1.82, 2.24) is 9.80 Å². The topological polar surface area (TPSA) is 99.6 Å². The molecule has 3 amide bonds. The fourth-order valence-electron chi connectivity index (χ4n) is 6.88. The van der Waals surface area contributed by atoms with Gasteiger partial charge >= 0.3 is 0 Å². The van der Waals surface area contributed by atoms with E-state index in [1.165, 1.54) is 0 Å². The van der Waals surface area contributed by atoms with Crippen molar-refractivity contribution < 1.29 is 29.0 Å².